The third kappa shape index (κ3) is 5.38. The minimum atomic E-state index is -0.00187. The number of hydrogen-bond donors (Lipinski definition) is 2. The molecule has 0 bridgehead atoms. The van der Waals surface area contributed by atoms with Gasteiger partial charge < -0.3 is 15.0 Å². The van der Waals surface area contributed by atoms with E-state index in [4.69, 9.17) is 9.72 Å². The minimum absolute atomic E-state index is 0.00187. The van der Waals surface area contributed by atoms with Crippen LogP contribution in [0.5, 0.6) is 5.88 Å². The number of benzene rings is 1. The summed E-state index contributed by atoms with van der Waals surface area (Å²) in [6, 6.07) is 8.19. The van der Waals surface area contributed by atoms with E-state index in [9.17, 15) is 4.79 Å². The van der Waals surface area contributed by atoms with E-state index in [1.165, 1.54) is 5.56 Å². The summed E-state index contributed by atoms with van der Waals surface area (Å²) in [5.74, 6) is 0.814. The highest BCUT2D eigenvalue weighted by Gasteiger charge is 2.12. The van der Waals surface area contributed by atoms with Gasteiger partial charge in [0.2, 0.25) is 11.8 Å². The van der Waals surface area contributed by atoms with Gasteiger partial charge in [-0.15, -0.1) is 0 Å². The third-order valence-corrected chi connectivity index (χ3v) is 4.87. The molecule has 158 valence electrons. The van der Waals surface area contributed by atoms with E-state index in [1.54, 1.807) is 12.4 Å². The zero-order valence-electron chi connectivity index (χ0n) is 17.6. The molecule has 0 saturated carbocycles. The highest BCUT2D eigenvalue weighted by molar-refractivity contribution is 7.80. The van der Waals surface area contributed by atoms with Crippen molar-refractivity contribution in [2.45, 2.75) is 26.2 Å². The van der Waals surface area contributed by atoms with Crippen LogP contribution >= 0.6 is 12.6 Å². The molecule has 0 spiro atoms. The van der Waals surface area contributed by atoms with Crippen molar-refractivity contribution in [3.8, 4) is 17.1 Å². The largest absolute Gasteiger partial charge is 0.476 e. The molecule has 3 aromatic rings. The van der Waals surface area contributed by atoms with Gasteiger partial charge in [-0.25, -0.2) is 9.97 Å². The number of aryl methyl sites for hydroxylation is 1. The first kappa shape index (κ1) is 21.8. The standard InChI is InChI=1S/C22H27N5O2S/c1-15-12-16(7-8-19(15)27(2)3)17-13-18-21(24-10-9-23-18)22(26-17)29-11-5-4-6-20(28)25-14-30/h7-10,12-13,30H,4-6,11,14H2,1-3H3,(H,25,28). The lowest BCUT2D eigenvalue weighted by molar-refractivity contribution is -0.120. The number of carbonyl (C=O) groups excluding carboxylic acids is 1. The summed E-state index contributed by atoms with van der Waals surface area (Å²) in [4.78, 5) is 27.1. The van der Waals surface area contributed by atoms with Gasteiger partial charge in [-0.3, -0.25) is 9.78 Å². The van der Waals surface area contributed by atoms with Gasteiger partial charge in [0.1, 0.15) is 0 Å². The highest BCUT2D eigenvalue weighted by atomic mass is 32.1. The number of pyridine rings is 1. The Bertz CT molecular complexity index is 1030. The molecule has 0 radical (unpaired) electrons. The van der Waals surface area contributed by atoms with E-state index in [2.05, 4.69) is 57.9 Å². The Kier molecular flexibility index (Phi) is 7.46. The molecule has 0 atom stereocenters. The highest BCUT2D eigenvalue weighted by Crippen LogP contribution is 2.29. The second kappa shape index (κ2) is 10.2. The van der Waals surface area contributed by atoms with Crippen molar-refractivity contribution < 1.29 is 9.53 Å². The molecule has 2 aromatic heterocycles. The fourth-order valence-electron chi connectivity index (χ4n) is 3.24. The van der Waals surface area contributed by atoms with Crippen LogP contribution in [-0.2, 0) is 4.79 Å². The summed E-state index contributed by atoms with van der Waals surface area (Å²) in [6.45, 7) is 2.54. The molecule has 0 aliphatic rings. The molecule has 3 rings (SSSR count). The Labute approximate surface area is 182 Å². The van der Waals surface area contributed by atoms with Gasteiger partial charge in [0.05, 0.1) is 23.7 Å². The predicted octanol–water partition coefficient (Wildman–Crippen LogP) is 3.62. The van der Waals surface area contributed by atoms with Crippen LogP contribution in [0, 0.1) is 6.92 Å². The van der Waals surface area contributed by atoms with Crippen LogP contribution in [0.1, 0.15) is 24.8 Å². The second-order valence-corrected chi connectivity index (χ2v) is 7.51. The number of fused-ring (bicyclic) bond motifs is 1. The molecule has 1 aromatic carbocycles. The van der Waals surface area contributed by atoms with Gasteiger partial charge >= 0.3 is 0 Å². The zero-order chi connectivity index (χ0) is 21.5. The van der Waals surface area contributed by atoms with Crippen LogP contribution in [-0.4, -0.2) is 47.4 Å². The minimum Gasteiger partial charge on any atom is -0.476 e. The Balaban J connectivity index is 1.79. The van der Waals surface area contributed by atoms with Gasteiger partial charge in [0.15, 0.2) is 5.52 Å². The fraction of sp³-hybridized carbons (Fsp3) is 0.364. The average Bonchev–Trinajstić information content (AvgIpc) is 2.73. The number of aromatic nitrogens is 3. The topological polar surface area (TPSA) is 80.2 Å². The monoisotopic (exact) mass is 425 g/mol. The van der Waals surface area contributed by atoms with Crippen LogP contribution < -0.4 is 15.0 Å². The van der Waals surface area contributed by atoms with Crippen molar-refractivity contribution in [2.75, 3.05) is 31.5 Å². The molecule has 1 amide bonds. The molecular weight excluding hydrogens is 398 g/mol. The van der Waals surface area contributed by atoms with Crippen molar-refractivity contribution in [2.24, 2.45) is 0 Å². The number of thiol groups is 1. The first-order chi connectivity index (χ1) is 14.5. The van der Waals surface area contributed by atoms with Crippen molar-refractivity contribution >= 4 is 35.3 Å². The van der Waals surface area contributed by atoms with E-state index in [1.807, 2.05) is 20.2 Å². The molecule has 7 nitrogen and oxygen atoms in total. The lowest BCUT2D eigenvalue weighted by Crippen LogP contribution is -2.21. The average molecular weight is 426 g/mol. The first-order valence-corrected chi connectivity index (χ1v) is 10.5. The van der Waals surface area contributed by atoms with Gasteiger partial charge in [0.25, 0.3) is 0 Å². The van der Waals surface area contributed by atoms with E-state index < -0.39 is 0 Å². The van der Waals surface area contributed by atoms with Crippen molar-refractivity contribution in [3.05, 3.63) is 42.2 Å². The molecular formula is C22H27N5O2S. The number of carbonyl (C=O) groups is 1. The molecule has 0 fully saturated rings. The number of ether oxygens (including phenoxy) is 1. The van der Waals surface area contributed by atoms with Crippen LogP contribution in [0.3, 0.4) is 0 Å². The van der Waals surface area contributed by atoms with Crippen molar-refractivity contribution in [1.29, 1.82) is 0 Å². The second-order valence-electron chi connectivity index (χ2n) is 7.20. The summed E-state index contributed by atoms with van der Waals surface area (Å²) in [7, 11) is 4.06. The number of hydrogen-bond acceptors (Lipinski definition) is 7. The number of unbranched alkanes of at least 4 members (excludes halogenated alkanes) is 1. The summed E-state index contributed by atoms with van der Waals surface area (Å²) in [5, 5.41) is 2.67. The SMILES string of the molecule is Cc1cc(-c2cc3nccnc3c(OCCCCC(=O)NCS)n2)ccc1N(C)C. The van der Waals surface area contributed by atoms with Crippen LogP contribution in [0.2, 0.25) is 0 Å². The quantitative estimate of drug-likeness (QED) is 0.310. The van der Waals surface area contributed by atoms with Crippen LogP contribution in [0.4, 0.5) is 5.69 Å². The van der Waals surface area contributed by atoms with E-state index in [0.29, 0.717) is 30.3 Å². The van der Waals surface area contributed by atoms with Gasteiger partial charge in [-0.05, 0) is 43.5 Å². The summed E-state index contributed by atoms with van der Waals surface area (Å²) in [6.07, 6.45) is 5.22. The molecule has 0 aliphatic carbocycles. The molecule has 1 N–H and O–H groups in total. The first-order valence-electron chi connectivity index (χ1n) is 9.90. The maximum Gasteiger partial charge on any atom is 0.242 e. The lowest BCUT2D eigenvalue weighted by atomic mass is 10.1. The lowest BCUT2D eigenvalue weighted by Gasteiger charge is -2.16. The van der Waals surface area contributed by atoms with Crippen molar-refractivity contribution in [1.82, 2.24) is 20.3 Å². The molecule has 8 heteroatoms. The Morgan fingerprint density at radius 2 is 1.97 bits per heavy atom. The van der Waals surface area contributed by atoms with Gasteiger partial charge in [-0.1, -0.05) is 6.07 Å². The summed E-state index contributed by atoms with van der Waals surface area (Å²) in [5.41, 5.74) is 5.49. The predicted molar refractivity (Wildman–Crippen MR) is 123 cm³/mol. The van der Waals surface area contributed by atoms with Gasteiger partial charge in [-0.2, -0.15) is 12.6 Å². The normalized spacial score (nSPS) is 10.8. The molecule has 0 unspecified atom stereocenters. The summed E-state index contributed by atoms with van der Waals surface area (Å²) >= 11 is 3.99. The van der Waals surface area contributed by atoms with E-state index in [-0.39, 0.29) is 5.91 Å². The number of amides is 1. The van der Waals surface area contributed by atoms with E-state index >= 15 is 0 Å². The fourth-order valence-corrected chi connectivity index (χ4v) is 3.42. The molecule has 0 aliphatic heterocycles. The molecule has 0 saturated heterocycles. The Morgan fingerprint density at radius 1 is 1.17 bits per heavy atom. The third-order valence-electron chi connectivity index (χ3n) is 4.71. The van der Waals surface area contributed by atoms with Crippen molar-refractivity contribution in [3.63, 3.8) is 0 Å². The Hall–Kier alpha value is -2.87. The number of rotatable bonds is 9. The number of anilines is 1. The smallest absolute Gasteiger partial charge is 0.242 e. The van der Waals surface area contributed by atoms with Crippen LogP contribution in [0.15, 0.2) is 36.7 Å². The number of nitrogens with zero attached hydrogens (tertiary/aromatic N) is 4. The maximum absolute atomic E-state index is 11.5. The molecule has 30 heavy (non-hydrogen) atoms. The number of nitrogens with one attached hydrogen (secondary N) is 1. The van der Waals surface area contributed by atoms with Gasteiger partial charge in [0, 0.05) is 44.2 Å². The summed E-state index contributed by atoms with van der Waals surface area (Å²) < 4.78 is 5.95. The molecule has 2 heterocycles. The maximum atomic E-state index is 11.5. The van der Waals surface area contributed by atoms with E-state index in [0.717, 1.165) is 35.3 Å². The Morgan fingerprint density at radius 3 is 2.70 bits per heavy atom. The van der Waals surface area contributed by atoms with Crippen LogP contribution in [0.25, 0.3) is 22.3 Å². The zero-order valence-corrected chi connectivity index (χ0v) is 18.4.